The van der Waals surface area contributed by atoms with Gasteiger partial charge < -0.3 is 5.73 Å². The third-order valence-electron chi connectivity index (χ3n) is 4.03. The van der Waals surface area contributed by atoms with Crippen LogP contribution in [0.1, 0.15) is 44.8 Å². The summed E-state index contributed by atoms with van der Waals surface area (Å²) in [6.07, 6.45) is -2.74. The van der Waals surface area contributed by atoms with Crippen LogP contribution in [0.15, 0.2) is 23.4 Å². The molecule has 0 radical (unpaired) electrons. The van der Waals surface area contributed by atoms with Gasteiger partial charge in [0.15, 0.2) is 16.6 Å². The van der Waals surface area contributed by atoms with Crippen molar-refractivity contribution in [3.63, 3.8) is 0 Å². The number of ketones is 1. The lowest BCUT2D eigenvalue weighted by Crippen LogP contribution is -2.14. The summed E-state index contributed by atoms with van der Waals surface area (Å²) in [5.74, 6) is -1.21. The van der Waals surface area contributed by atoms with Crippen molar-refractivity contribution in [3.05, 3.63) is 39.5 Å². The van der Waals surface area contributed by atoms with E-state index in [-0.39, 0.29) is 40.7 Å². The number of alkyl halides is 3. The monoisotopic (exact) mass is 449 g/mol. The zero-order chi connectivity index (χ0) is 19.2. The lowest BCUT2D eigenvalue weighted by molar-refractivity contribution is -0.145. The molecule has 150 valence electrons. The highest BCUT2D eigenvalue weighted by atomic mass is 35.5. The van der Waals surface area contributed by atoms with Gasteiger partial charge in [0.25, 0.3) is 0 Å². The fourth-order valence-corrected chi connectivity index (χ4v) is 4.26. The average molecular weight is 450 g/mol. The molecule has 0 atom stereocenters. The Bertz CT molecular complexity index is 1020. The van der Waals surface area contributed by atoms with Gasteiger partial charge in [-0.05, 0) is 25.0 Å². The van der Waals surface area contributed by atoms with E-state index in [1.54, 1.807) is 18.2 Å². The maximum Gasteiger partial charge on any atom is 0.451 e. The number of carbonyl (C=O) groups excluding carboxylic acids is 1. The zero-order valence-electron chi connectivity index (χ0n) is 14.3. The molecule has 1 aliphatic rings. The van der Waals surface area contributed by atoms with Crippen LogP contribution in [-0.4, -0.2) is 31.1 Å². The highest BCUT2D eigenvalue weighted by Gasteiger charge is 2.36. The molecule has 12 heteroatoms. The largest absolute Gasteiger partial charge is 0.451 e. The first-order valence-corrected chi connectivity index (χ1v) is 9.95. The second kappa shape index (κ2) is 7.97. The molecule has 0 aliphatic heterocycles. The topological polar surface area (TPSA) is 86.2 Å². The van der Waals surface area contributed by atoms with Gasteiger partial charge in [0.05, 0.1) is 16.3 Å². The smallest absolute Gasteiger partial charge is 0.326 e. The van der Waals surface area contributed by atoms with Gasteiger partial charge in [0.2, 0.25) is 5.82 Å². The number of hydrogen-bond acceptors (Lipinski definition) is 7. The van der Waals surface area contributed by atoms with Crippen LogP contribution in [0.5, 0.6) is 0 Å². The highest BCUT2D eigenvalue weighted by molar-refractivity contribution is 7.99. The van der Waals surface area contributed by atoms with Gasteiger partial charge in [-0.15, -0.1) is 23.7 Å². The van der Waals surface area contributed by atoms with Crippen LogP contribution in [0.4, 0.5) is 13.2 Å². The number of fused-ring (bicyclic) bond motifs is 1. The molecule has 0 amide bonds. The average Bonchev–Trinajstić information content (AvgIpc) is 3.20. The summed E-state index contributed by atoms with van der Waals surface area (Å²) in [5.41, 5.74) is 6.34. The van der Waals surface area contributed by atoms with Gasteiger partial charge in [-0.25, -0.2) is 4.98 Å². The van der Waals surface area contributed by atoms with E-state index in [0.29, 0.717) is 17.1 Å². The molecule has 0 spiro atoms. The highest BCUT2D eigenvalue weighted by Crippen LogP contribution is 2.40. The van der Waals surface area contributed by atoms with E-state index in [1.165, 1.54) is 15.9 Å². The number of aromatic nitrogens is 4. The van der Waals surface area contributed by atoms with E-state index in [2.05, 4.69) is 15.1 Å². The number of hydrogen-bond donors (Lipinski definition) is 1. The van der Waals surface area contributed by atoms with Crippen LogP contribution in [0.2, 0.25) is 0 Å². The first-order chi connectivity index (χ1) is 12.8. The molecular formula is C16H15ClF3N5OS2. The lowest BCUT2D eigenvalue weighted by Gasteiger charge is -2.08. The Labute approximate surface area is 172 Å². The molecule has 1 saturated carbocycles. The van der Waals surface area contributed by atoms with Gasteiger partial charge in [0.1, 0.15) is 0 Å². The van der Waals surface area contributed by atoms with Gasteiger partial charge in [-0.1, -0.05) is 11.8 Å². The molecule has 3 heterocycles. The lowest BCUT2D eigenvalue weighted by atomic mass is 10.3. The molecule has 0 bridgehead atoms. The summed E-state index contributed by atoms with van der Waals surface area (Å²) in [7, 11) is 0. The van der Waals surface area contributed by atoms with E-state index in [4.69, 9.17) is 5.73 Å². The quantitative estimate of drug-likeness (QED) is 0.453. The Hall–Kier alpha value is -1.69. The summed E-state index contributed by atoms with van der Waals surface area (Å²) in [5, 5.41) is 4.35. The van der Waals surface area contributed by atoms with E-state index in [9.17, 15) is 18.0 Å². The summed E-state index contributed by atoms with van der Waals surface area (Å²) in [6, 6.07) is 5.00. The maximum absolute atomic E-state index is 13.1. The minimum atomic E-state index is -4.67. The molecule has 6 nitrogen and oxygen atoms in total. The third kappa shape index (κ3) is 4.32. The van der Waals surface area contributed by atoms with Crippen LogP contribution < -0.4 is 5.73 Å². The fourth-order valence-electron chi connectivity index (χ4n) is 2.52. The van der Waals surface area contributed by atoms with Crippen molar-refractivity contribution in [3.8, 4) is 0 Å². The molecule has 28 heavy (non-hydrogen) atoms. The van der Waals surface area contributed by atoms with Crippen LogP contribution in [0, 0.1) is 0 Å². The van der Waals surface area contributed by atoms with E-state index < -0.39 is 12.0 Å². The fraction of sp³-hybridized carbons (Fsp3) is 0.375. The zero-order valence-corrected chi connectivity index (χ0v) is 16.7. The van der Waals surface area contributed by atoms with E-state index in [1.807, 2.05) is 0 Å². The van der Waals surface area contributed by atoms with Gasteiger partial charge >= 0.3 is 6.18 Å². The SMILES string of the molecule is Cl.NCc1ccc(C(=O)CSc2nc(C(F)(F)F)nc3cc(C4CC4)nn23)s1. The molecule has 3 aromatic rings. The molecule has 1 aliphatic carbocycles. The van der Waals surface area contributed by atoms with Gasteiger partial charge in [-0.3, -0.25) is 4.79 Å². The molecule has 3 aromatic heterocycles. The summed E-state index contributed by atoms with van der Waals surface area (Å²) < 4.78 is 40.7. The predicted molar refractivity (Wildman–Crippen MR) is 102 cm³/mol. The van der Waals surface area contributed by atoms with Crippen molar-refractivity contribution in [1.29, 1.82) is 0 Å². The summed E-state index contributed by atoms with van der Waals surface area (Å²) >= 11 is 2.20. The standard InChI is InChI=1S/C16H14F3N5OS2.ClH/c17-16(18,19)14-21-13-5-10(8-1-2-8)23-24(13)15(22-14)26-7-11(25)12-4-3-9(6-20)27-12;/h3-5,8H,1-2,6-7,20H2;1H. The number of nitrogens with zero attached hydrogens (tertiary/aromatic N) is 4. The second-order valence-corrected chi connectivity index (χ2v) is 8.23. The Morgan fingerprint density at radius 3 is 2.68 bits per heavy atom. The number of halogens is 4. The number of thiophene rings is 1. The molecule has 4 rings (SSSR count). The van der Waals surface area contributed by atoms with Crippen molar-refractivity contribution < 1.29 is 18.0 Å². The Balaban J connectivity index is 0.00000225. The summed E-state index contributed by atoms with van der Waals surface area (Å²) in [4.78, 5) is 20.9. The second-order valence-electron chi connectivity index (χ2n) is 6.12. The minimum absolute atomic E-state index is 0. The minimum Gasteiger partial charge on any atom is -0.326 e. The predicted octanol–water partition coefficient (Wildman–Crippen LogP) is 3.94. The van der Waals surface area contributed by atoms with Crippen molar-refractivity contribution in [2.45, 2.75) is 36.6 Å². The van der Waals surface area contributed by atoms with Crippen LogP contribution in [-0.2, 0) is 12.7 Å². The third-order valence-corrected chi connectivity index (χ3v) is 6.11. The van der Waals surface area contributed by atoms with Gasteiger partial charge in [0, 0.05) is 23.4 Å². The molecule has 0 aromatic carbocycles. The number of rotatable bonds is 6. The molecule has 0 unspecified atom stereocenters. The van der Waals surface area contributed by atoms with Crippen molar-refractivity contribution in [1.82, 2.24) is 19.6 Å². The number of thioether (sulfide) groups is 1. The van der Waals surface area contributed by atoms with Crippen molar-refractivity contribution in [2.75, 3.05) is 5.75 Å². The number of Topliss-reactive ketones (excluding diaryl/α,β-unsaturated/α-hetero) is 1. The number of carbonyl (C=O) groups is 1. The maximum atomic E-state index is 13.1. The first kappa shape index (κ1) is 21.0. The summed E-state index contributed by atoms with van der Waals surface area (Å²) in [6.45, 7) is 0.337. The van der Waals surface area contributed by atoms with Crippen LogP contribution >= 0.6 is 35.5 Å². The van der Waals surface area contributed by atoms with E-state index >= 15 is 0 Å². The van der Waals surface area contributed by atoms with E-state index in [0.717, 1.165) is 29.5 Å². The number of nitrogens with two attached hydrogens (primary N) is 1. The molecule has 0 saturated heterocycles. The van der Waals surface area contributed by atoms with Crippen LogP contribution in [0.3, 0.4) is 0 Å². The normalized spacial score (nSPS) is 14.3. The molecular weight excluding hydrogens is 435 g/mol. The van der Waals surface area contributed by atoms with Crippen molar-refractivity contribution in [2.24, 2.45) is 5.73 Å². The Kier molecular flexibility index (Phi) is 5.99. The van der Waals surface area contributed by atoms with Gasteiger partial charge in [-0.2, -0.15) is 27.8 Å². The molecule has 2 N–H and O–H groups in total. The Morgan fingerprint density at radius 1 is 1.32 bits per heavy atom. The molecule has 1 fully saturated rings. The van der Waals surface area contributed by atoms with Crippen molar-refractivity contribution >= 4 is 46.9 Å². The van der Waals surface area contributed by atoms with Crippen LogP contribution in [0.25, 0.3) is 5.65 Å². The Morgan fingerprint density at radius 2 is 2.07 bits per heavy atom. The first-order valence-electron chi connectivity index (χ1n) is 8.15.